The summed E-state index contributed by atoms with van der Waals surface area (Å²) in [5, 5.41) is 9.85. The smallest absolute Gasteiger partial charge is 0.548 e. The summed E-state index contributed by atoms with van der Waals surface area (Å²) in [4.78, 5) is 9.85. The second-order valence-corrected chi connectivity index (χ2v) is 1.94. The predicted molar refractivity (Wildman–Crippen MR) is 21.2 cm³/mol. The van der Waals surface area contributed by atoms with E-state index in [2.05, 4.69) is 0 Å². The van der Waals surface area contributed by atoms with Crippen molar-refractivity contribution >= 4 is 5.97 Å². The maximum absolute atomic E-state index is 9.85. The van der Waals surface area contributed by atoms with E-state index in [-0.39, 0.29) is 51.4 Å². The molecule has 0 atom stereocenters. The Balaban J connectivity index is 0.000000490. The van der Waals surface area contributed by atoms with Crippen LogP contribution in [0, 0.1) is 0 Å². The molecule has 1 fully saturated rings. The molecule has 1 aliphatic carbocycles. The average Bonchev–Trinajstić information content (AvgIpc) is 2.21. The van der Waals surface area contributed by atoms with Crippen LogP contribution in [-0.4, -0.2) is 11.5 Å². The molecule has 1 aliphatic rings. The van der Waals surface area contributed by atoms with Crippen molar-refractivity contribution in [2.24, 2.45) is 5.73 Å². The zero-order chi connectivity index (χ0) is 5.49. The molecule has 0 spiro atoms. The Labute approximate surface area is 90.0 Å². The van der Waals surface area contributed by atoms with Crippen molar-refractivity contribution in [3.05, 3.63) is 0 Å². The van der Waals surface area contributed by atoms with Crippen LogP contribution >= 0.6 is 0 Å². The van der Waals surface area contributed by atoms with Crippen LogP contribution in [-0.2, 0) is 4.79 Å². The van der Waals surface area contributed by atoms with E-state index in [0.717, 1.165) is 0 Å². The zero-order valence-corrected chi connectivity index (χ0v) is 7.93. The zero-order valence-electron chi connectivity index (χ0n) is 4.81. The molecule has 0 unspecified atom stereocenters. The van der Waals surface area contributed by atoms with Gasteiger partial charge in [0.05, 0.1) is 11.5 Å². The van der Waals surface area contributed by atoms with Gasteiger partial charge in [0.2, 0.25) is 0 Å². The van der Waals surface area contributed by atoms with Gasteiger partial charge in [-0.1, -0.05) is 0 Å². The van der Waals surface area contributed by atoms with Crippen molar-refractivity contribution in [3.63, 3.8) is 0 Å². The third-order valence-corrected chi connectivity index (χ3v) is 1.20. The van der Waals surface area contributed by atoms with Crippen molar-refractivity contribution in [1.82, 2.24) is 0 Å². The number of carboxylic acid groups (broad SMARTS) is 1. The van der Waals surface area contributed by atoms with Gasteiger partial charge in [0, 0.05) is 0 Å². The van der Waals surface area contributed by atoms with Crippen molar-refractivity contribution in [1.29, 1.82) is 0 Å². The number of rotatable bonds is 1. The van der Waals surface area contributed by atoms with Crippen molar-refractivity contribution < 1.29 is 61.3 Å². The molecule has 0 aromatic heterocycles. The molecular weight excluding hydrogens is 133 g/mol. The Bertz CT molecular complexity index is 111. The van der Waals surface area contributed by atoms with Gasteiger partial charge in [-0.15, -0.1) is 0 Å². The van der Waals surface area contributed by atoms with E-state index in [4.69, 9.17) is 5.73 Å². The topological polar surface area (TPSA) is 66.2 Å². The Morgan fingerprint density at radius 2 is 2.00 bits per heavy atom. The summed E-state index contributed by atoms with van der Waals surface area (Å²) in [6.07, 6.45) is 1.16. The van der Waals surface area contributed by atoms with Gasteiger partial charge in [-0.3, -0.25) is 0 Å². The van der Waals surface area contributed by atoms with Crippen LogP contribution < -0.4 is 62.2 Å². The fourth-order valence-corrected chi connectivity index (χ4v) is 0.339. The van der Waals surface area contributed by atoms with Gasteiger partial charge in [-0.25, -0.2) is 0 Å². The molecule has 2 N–H and O–H groups in total. The van der Waals surface area contributed by atoms with Crippen LogP contribution in [0.25, 0.3) is 0 Å². The van der Waals surface area contributed by atoms with Crippen molar-refractivity contribution in [3.8, 4) is 0 Å². The summed E-state index contributed by atoms with van der Waals surface area (Å²) >= 11 is 0. The Morgan fingerprint density at radius 3 is 2.00 bits per heavy atom. The number of carbonyl (C=O) groups is 1. The van der Waals surface area contributed by atoms with Gasteiger partial charge >= 0.3 is 51.4 Å². The van der Waals surface area contributed by atoms with Crippen molar-refractivity contribution in [2.75, 3.05) is 0 Å². The minimum Gasteiger partial charge on any atom is -0.548 e. The molecule has 4 heteroatoms. The number of carboxylic acids is 1. The fraction of sp³-hybridized carbons (Fsp3) is 0.750. The van der Waals surface area contributed by atoms with E-state index in [1.165, 1.54) is 0 Å². The van der Waals surface area contributed by atoms with Gasteiger partial charge < -0.3 is 15.6 Å². The predicted octanol–water partition coefficient (Wildman–Crippen LogP) is -4.77. The van der Waals surface area contributed by atoms with Crippen LogP contribution in [0.2, 0.25) is 0 Å². The number of carbonyl (C=O) groups excluding carboxylic acids is 1. The third-order valence-electron chi connectivity index (χ3n) is 1.20. The molecule has 1 rings (SSSR count). The molecule has 3 nitrogen and oxygen atoms in total. The molecule has 0 radical (unpaired) electrons. The average molecular weight is 139 g/mol. The molecule has 0 aromatic rings. The first-order valence-electron chi connectivity index (χ1n) is 2.15. The Kier molecular flexibility index (Phi) is 3.14. The Morgan fingerprint density at radius 1 is 1.62 bits per heavy atom. The summed E-state index contributed by atoms with van der Waals surface area (Å²) in [6.45, 7) is 0. The van der Waals surface area contributed by atoms with Crippen molar-refractivity contribution in [2.45, 2.75) is 18.4 Å². The summed E-state index contributed by atoms with van der Waals surface area (Å²) in [7, 11) is 0. The molecule has 0 aromatic carbocycles. The molecule has 0 bridgehead atoms. The summed E-state index contributed by atoms with van der Waals surface area (Å²) < 4.78 is 0. The number of hydrogen-bond donors (Lipinski definition) is 1. The van der Waals surface area contributed by atoms with Crippen LogP contribution in [0.4, 0.5) is 0 Å². The second kappa shape index (κ2) is 2.77. The second-order valence-electron chi connectivity index (χ2n) is 1.94. The number of nitrogens with two attached hydrogens (primary N) is 1. The molecule has 0 aliphatic heterocycles. The van der Waals surface area contributed by atoms with Crippen LogP contribution in [0.15, 0.2) is 0 Å². The van der Waals surface area contributed by atoms with Crippen LogP contribution in [0.5, 0.6) is 0 Å². The van der Waals surface area contributed by atoms with Crippen LogP contribution in [0.1, 0.15) is 12.8 Å². The van der Waals surface area contributed by atoms with Gasteiger partial charge in [-0.2, -0.15) is 0 Å². The van der Waals surface area contributed by atoms with Gasteiger partial charge in [0.15, 0.2) is 0 Å². The molecule has 1 saturated carbocycles. The minimum atomic E-state index is -1.12. The summed E-state index contributed by atoms with van der Waals surface area (Å²) in [5.41, 5.74) is 4.18. The SMILES string of the molecule is NC1(C(=O)[O-])CC1.[K+]. The maximum Gasteiger partial charge on any atom is 1.00 e. The number of aliphatic carboxylic acids is 1. The van der Waals surface area contributed by atoms with E-state index in [0.29, 0.717) is 12.8 Å². The maximum atomic E-state index is 9.85. The van der Waals surface area contributed by atoms with Crippen LogP contribution in [0.3, 0.4) is 0 Å². The quantitative estimate of drug-likeness (QED) is 0.371. The molecular formula is C4H6KNO2. The molecule has 40 valence electrons. The van der Waals surface area contributed by atoms with E-state index < -0.39 is 11.5 Å². The van der Waals surface area contributed by atoms with Gasteiger partial charge in [0.25, 0.3) is 0 Å². The monoisotopic (exact) mass is 139 g/mol. The third kappa shape index (κ3) is 1.79. The van der Waals surface area contributed by atoms with E-state index in [1.54, 1.807) is 0 Å². The first-order valence-corrected chi connectivity index (χ1v) is 2.15. The first-order chi connectivity index (χ1) is 3.15. The first kappa shape index (κ1) is 9.07. The summed E-state index contributed by atoms with van der Waals surface area (Å²) in [5.74, 6) is -1.12. The van der Waals surface area contributed by atoms with E-state index >= 15 is 0 Å². The van der Waals surface area contributed by atoms with Gasteiger partial charge in [-0.05, 0) is 12.8 Å². The molecule has 0 saturated heterocycles. The van der Waals surface area contributed by atoms with E-state index in [1.807, 2.05) is 0 Å². The molecule has 8 heavy (non-hydrogen) atoms. The summed E-state index contributed by atoms with van der Waals surface area (Å²) in [6, 6.07) is 0. The minimum absolute atomic E-state index is 0. The normalized spacial score (nSPS) is 21.1. The Hall–Kier alpha value is 1.07. The van der Waals surface area contributed by atoms with Gasteiger partial charge in [0.1, 0.15) is 0 Å². The standard InChI is InChI=1S/C4H7NO2.K/c5-4(1-2-4)3(6)7;/h1-2,5H2,(H,6,7);/q;+1/p-1. The molecule has 0 amide bonds. The fourth-order valence-electron chi connectivity index (χ4n) is 0.339. The van der Waals surface area contributed by atoms with E-state index in [9.17, 15) is 9.90 Å². The molecule has 0 heterocycles. The largest absolute Gasteiger partial charge is 1.00 e. The number of hydrogen-bond acceptors (Lipinski definition) is 3.